The minimum atomic E-state index is -0.0728. The van der Waals surface area contributed by atoms with Crippen molar-refractivity contribution in [2.24, 2.45) is 0 Å². The van der Waals surface area contributed by atoms with Crippen LogP contribution in [0.2, 0.25) is 0 Å². The molecule has 2 bridgehead atoms. The maximum absolute atomic E-state index is 6.46. The molecule has 0 saturated carbocycles. The van der Waals surface area contributed by atoms with Gasteiger partial charge in [0, 0.05) is 19.2 Å². The van der Waals surface area contributed by atoms with E-state index in [2.05, 4.69) is 43.6 Å². The normalized spacial score (nSPS) is 17.8. The van der Waals surface area contributed by atoms with Crippen molar-refractivity contribution in [3.63, 3.8) is 0 Å². The van der Waals surface area contributed by atoms with E-state index in [1.54, 1.807) is 0 Å². The van der Waals surface area contributed by atoms with Gasteiger partial charge in [-0.1, -0.05) is 124 Å². The summed E-state index contributed by atoms with van der Waals surface area (Å²) in [5.41, 5.74) is 0. The molecule has 0 fully saturated rings. The number of benzene rings is 1. The van der Waals surface area contributed by atoms with Crippen molar-refractivity contribution >= 4 is 0 Å². The quantitative estimate of drug-likeness (QED) is 0.136. The molecule has 1 aliphatic rings. The van der Waals surface area contributed by atoms with E-state index in [1.165, 1.54) is 103 Å². The van der Waals surface area contributed by atoms with Crippen molar-refractivity contribution in [2.45, 2.75) is 143 Å². The lowest BCUT2D eigenvalue weighted by Crippen LogP contribution is -2.47. The third-order valence-electron chi connectivity index (χ3n) is 8.10. The largest absolute Gasteiger partial charge is 0.473 e. The zero-order chi connectivity index (χ0) is 28.0. The number of unbranched alkanes of at least 4 members (excludes halogenated alkanes) is 14. The molecule has 39 heavy (non-hydrogen) atoms. The fraction of sp³-hybridized carbons (Fsp3) is 0.824. The molecule has 0 radical (unpaired) electrons. The Labute approximate surface area is 242 Å². The Bertz CT molecular complexity index is 648. The molecule has 0 aromatic heterocycles. The molecule has 1 aromatic carbocycles. The van der Waals surface area contributed by atoms with Crippen molar-refractivity contribution in [1.82, 2.24) is 9.80 Å². The Morgan fingerprint density at radius 3 is 1.33 bits per heavy atom. The molecule has 2 atom stereocenters. The second-order valence-electron chi connectivity index (χ2n) is 11.4. The molecule has 1 heterocycles. The average molecular weight is 547 g/mol. The molecule has 5 nitrogen and oxygen atoms in total. The fourth-order valence-corrected chi connectivity index (χ4v) is 5.54. The second kappa shape index (κ2) is 22.4. The topological polar surface area (TPSA) is 34.2 Å². The first kappa shape index (κ1) is 33.9. The molecule has 226 valence electrons. The number of likely N-dealkylation sites (N-methyl/N-ethyl adjacent to an activating group) is 2. The SMILES string of the molecule is CCCCCCCCCCN(CC)C1COCC(N(CC)CCCCCCCCCC)Oc2cccc(c2)O1. The van der Waals surface area contributed by atoms with Gasteiger partial charge in [0.05, 0.1) is 13.2 Å². The zero-order valence-electron chi connectivity index (χ0n) is 26.1. The smallest absolute Gasteiger partial charge is 0.176 e. The standard InChI is InChI=1S/C34H62N2O3/c1-5-9-11-13-15-17-19-21-26-35(7-3)33-29-37-30-34(39-32-25-23-24-31(28-32)38-33)36(8-4)27-22-20-18-16-14-12-10-6-2/h23-25,28,33-34H,5-22,26-27,29-30H2,1-4H3. The van der Waals surface area contributed by atoms with Gasteiger partial charge >= 0.3 is 0 Å². The van der Waals surface area contributed by atoms with E-state index < -0.39 is 0 Å². The van der Waals surface area contributed by atoms with Crippen LogP contribution in [0.1, 0.15) is 130 Å². The van der Waals surface area contributed by atoms with Gasteiger partial charge < -0.3 is 14.2 Å². The first-order chi connectivity index (χ1) is 19.2. The van der Waals surface area contributed by atoms with Gasteiger partial charge in [0.1, 0.15) is 11.5 Å². The van der Waals surface area contributed by atoms with Gasteiger partial charge in [-0.25, -0.2) is 0 Å². The number of fused-ring (bicyclic) bond motifs is 2. The van der Waals surface area contributed by atoms with Crippen LogP contribution in [0.3, 0.4) is 0 Å². The summed E-state index contributed by atoms with van der Waals surface area (Å²) in [7, 11) is 0. The van der Waals surface area contributed by atoms with E-state index in [4.69, 9.17) is 14.2 Å². The Morgan fingerprint density at radius 1 is 0.564 bits per heavy atom. The molecule has 5 heteroatoms. The van der Waals surface area contributed by atoms with Gasteiger partial charge in [-0.3, -0.25) is 9.80 Å². The number of hydrogen-bond acceptors (Lipinski definition) is 5. The highest BCUT2D eigenvalue weighted by Crippen LogP contribution is 2.25. The summed E-state index contributed by atoms with van der Waals surface area (Å²) >= 11 is 0. The van der Waals surface area contributed by atoms with Gasteiger partial charge in [0.25, 0.3) is 0 Å². The summed E-state index contributed by atoms with van der Waals surface area (Å²) in [5, 5.41) is 0. The summed E-state index contributed by atoms with van der Waals surface area (Å²) < 4.78 is 19.2. The molecule has 0 saturated heterocycles. The molecule has 2 rings (SSSR count). The summed E-state index contributed by atoms with van der Waals surface area (Å²) in [6, 6.07) is 8.18. The summed E-state index contributed by atoms with van der Waals surface area (Å²) in [5.74, 6) is 1.73. The van der Waals surface area contributed by atoms with Crippen LogP contribution in [0, 0.1) is 0 Å². The molecule has 0 amide bonds. The molecule has 1 aromatic rings. The van der Waals surface area contributed by atoms with Crippen molar-refractivity contribution < 1.29 is 14.2 Å². The van der Waals surface area contributed by atoms with Gasteiger partial charge in [0.2, 0.25) is 0 Å². The Balaban J connectivity index is 1.86. The van der Waals surface area contributed by atoms with Crippen LogP contribution >= 0.6 is 0 Å². The van der Waals surface area contributed by atoms with E-state index in [9.17, 15) is 0 Å². The van der Waals surface area contributed by atoms with E-state index >= 15 is 0 Å². The van der Waals surface area contributed by atoms with Gasteiger partial charge in [-0.2, -0.15) is 0 Å². The van der Waals surface area contributed by atoms with Crippen LogP contribution in [0.15, 0.2) is 24.3 Å². The van der Waals surface area contributed by atoms with Crippen molar-refractivity contribution in [1.29, 1.82) is 0 Å². The van der Waals surface area contributed by atoms with Crippen LogP contribution in [0.4, 0.5) is 0 Å². The molecule has 0 aliphatic carbocycles. The monoisotopic (exact) mass is 546 g/mol. The van der Waals surface area contributed by atoms with Crippen molar-refractivity contribution in [3.05, 3.63) is 24.3 Å². The molecule has 0 N–H and O–H groups in total. The van der Waals surface area contributed by atoms with Crippen molar-refractivity contribution in [3.8, 4) is 11.5 Å². The van der Waals surface area contributed by atoms with Crippen LogP contribution in [0.5, 0.6) is 11.5 Å². The van der Waals surface area contributed by atoms with Crippen LogP contribution < -0.4 is 9.47 Å². The Kier molecular flexibility index (Phi) is 19.5. The molecule has 0 spiro atoms. The highest BCUT2D eigenvalue weighted by molar-refractivity contribution is 5.33. The van der Waals surface area contributed by atoms with Gasteiger partial charge in [-0.15, -0.1) is 0 Å². The molecule has 2 unspecified atom stereocenters. The summed E-state index contributed by atoms with van der Waals surface area (Å²) in [6.45, 7) is 14.2. The van der Waals surface area contributed by atoms with Crippen LogP contribution in [-0.4, -0.2) is 61.6 Å². The van der Waals surface area contributed by atoms with Crippen LogP contribution in [-0.2, 0) is 4.74 Å². The predicted octanol–water partition coefficient (Wildman–Crippen LogP) is 9.05. The maximum Gasteiger partial charge on any atom is 0.176 e. The Hall–Kier alpha value is -1.30. The van der Waals surface area contributed by atoms with Gasteiger partial charge in [-0.05, 0) is 38.1 Å². The lowest BCUT2D eigenvalue weighted by Gasteiger charge is -2.35. The molecular formula is C34H62N2O3. The lowest BCUT2D eigenvalue weighted by atomic mass is 10.1. The highest BCUT2D eigenvalue weighted by Gasteiger charge is 2.25. The number of ether oxygens (including phenoxy) is 3. The number of hydrogen-bond donors (Lipinski definition) is 0. The summed E-state index contributed by atoms with van der Waals surface area (Å²) in [4.78, 5) is 4.89. The van der Waals surface area contributed by atoms with E-state index in [0.717, 1.165) is 37.7 Å². The number of nitrogens with zero attached hydrogens (tertiary/aromatic N) is 2. The second-order valence-corrected chi connectivity index (χ2v) is 11.4. The third kappa shape index (κ3) is 14.8. The van der Waals surface area contributed by atoms with Gasteiger partial charge in [0.15, 0.2) is 12.5 Å². The predicted molar refractivity (Wildman–Crippen MR) is 166 cm³/mol. The first-order valence-corrected chi connectivity index (χ1v) is 16.7. The summed E-state index contributed by atoms with van der Waals surface area (Å²) in [6.07, 6.45) is 21.3. The maximum atomic E-state index is 6.46. The average Bonchev–Trinajstić information content (AvgIpc) is 2.95. The van der Waals surface area contributed by atoms with E-state index in [-0.39, 0.29) is 12.5 Å². The fourth-order valence-electron chi connectivity index (χ4n) is 5.54. The third-order valence-corrected chi connectivity index (χ3v) is 8.10. The minimum Gasteiger partial charge on any atom is -0.473 e. The van der Waals surface area contributed by atoms with Crippen molar-refractivity contribution in [2.75, 3.05) is 39.4 Å². The zero-order valence-corrected chi connectivity index (χ0v) is 26.1. The number of rotatable bonds is 22. The first-order valence-electron chi connectivity index (χ1n) is 16.7. The van der Waals surface area contributed by atoms with Crippen LogP contribution in [0.25, 0.3) is 0 Å². The minimum absolute atomic E-state index is 0.0728. The molecular weight excluding hydrogens is 484 g/mol. The van der Waals surface area contributed by atoms with E-state index in [0.29, 0.717) is 13.2 Å². The molecule has 1 aliphatic heterocycles. The highest BCUT2D eigenvalue weighted by atomic mass is 16.6. The Morgan fingerprint density at radius 2 is 0.949 bits per heavy atom. The van der Waals surface area contributed by atoms with E-state index in [1.807, 2.05) is 18.2 Å². The lowest BCUT2D eigenvalue weighted by molar-refractivity contribution is -0.0875.